The van der Waals surface area contributed by atoms with Gasteiger partial charge in [-0.15, -0.1) is 0 Å². The number of halogens is 2. The molecule has 0 atom stereocenters. The van der Waals surface area contributed by atoms with Gasteiger partial charge in [-0.3, -0.25) is 4.79 Å². The Balaban J connectivity index is 1.80. The summed E-state index contributed by atoms with van der Waals surface area (Å²) >= 11 is 11.9. The maximum absolute atomic E-state index is 12.7. The summed E-state index contributed by atoms with van der Waals surface area (Å²) in [4.78, 5) is 12.7. The first-order valence-electron chi connectivity index (χ1n) is 10.3. The molecule has 0 radical (unpaired) electrons. The van der Waals surface area contributed by atoms with E-state index in [2.05, 4.69) is 5.32 Å². The summed E-state index contributed by atoms with van der Waals surface area (Å²) in [5.41, 5.74) is 1.82. The highest BCUT2D eigenvalue weighted by atomic mass is 35.5. The molecule has 0 bridgehead atoms. The number of carbonyl (C=O) groups is 1. The molecule has 1 N–H and O–H groups in total. The lowest BCUT2D eigenvalue weighted by Crippen LogP contribution is -2.14. The maximum Gasteiger partial charge on any atom is 0.266 e. The Kier molecular flexibility index (Phi) is 8.80. The fourth-order valence-electron chi connectivity index (χ4n) is 3.03. The highest BCUT2D eigenvalue weighted by Crippen LogP contribution is 2.31. The molecule has 174 valence electrons. The fraction of sp³-hybridized carbons (Fsp3) is 0.154. The second kappa shape index (κ2) is 12.0. The molecule has 3 aromatic carbocycles. The fourth-order valence-corrected chi connectivity index (χ4v) is 3.32. The molecule has 0 aliphatic carbocycles. The van der Waals surface area contributed by atoms with E-state index < -0.39 is 5.91 Å². The van der Waals surface area contributed by atoms with Gasteiger partial charge < -0.3 is 19.5 Å². The van der Waals surface area contributed by atoms with Gasteiger partial charge in [0.05, 0.1) is 19.4 Å². The van der Waals surface area contributed by atoms with Crippen molar-refractivity contribution >= 4 is 40.9 Å². The number of methoxy groups -OCH3 is 1. The Labute approximate surface area is 208 Å². The number of nitriles is 1. The monoisotopic (exact) mass is 496 g/mol. The van der Waals surface area contributed by atoms with Gasteiger partial charge in [-0.05, 0) is 66.6 Å². The van der Waals surface area contributed by atoms with Crippen molar-refractivity contribution in [2.45, 2.75) is 13.5 Å². The number of benzene rings is 3. The van der Waals surface area contributed by atoms with E-state index in [-0.39, 0.29) is 5.57 Å². The third-order valence-corrected chi connectivity index (χ3v) is 5.15. The topological polar surface area (TPSA) is 80.6 Å². The van der Waals surface area contributed by atoms with Crippen LogP contribution < -0.4 is 19.5 Å². The van der Waals surface area contributed by atoms with E-state index in [4.69, 9.17) is 37.4 Å². The normalized spacial score (nSPS) is 10.9. The van der Waals surface area contributed by atoms with Gasteiger partial charge >= 0.3 is 0 Å². The van der Waals surface area contributed by atoms with Crippen LogP contribution in [0.1, 0.15) is 18.1 Å². The molecule has 6 nitrogen and oxygen atoms in total. The van der Waals surface area contributed by atoms with E-state index in [0.717, 1.165) is 5.56 Å². The smallest absolute Gasteiger partial charge is 0.266 e. The van der Waals surface area contributed by atoms with Crippen LogP contribution in [0.3, 0.4) is 0 Å². The van der Waals surface area contributed by atoms with Crippen LogP contribution >= 0.6 is 23.2 Å². The first kappa shape index (κ1) is 25.0. The zero-order chi connectivity index (χ0) is 24.5. The van der Waals surface area contributed by atoms with Gasteiger partial charge in [-0.2, -0.15) is 5.26 Å². The van der Waals surface area contributed by atoms with Gasteiger partial charge in [-0.25, -0.2) is 0 Å². The summed E-state index contributed by atoms with van der Waals surface area (Å²) in [7, 11) is 1.48. The molecule has 0 aromatic heterocycles. The van der Waals surface area contributed by atoms with Crippen LogP contribution in [0.5, 0.6) is 17.2 Å². The van der Waals surface area contributed by atoms with Crippen molar-refractivity contribution in [2.75, 3.05) is 19.0 Å². The number of rotatable bonds is 9. The van der Waals surface area contributed by atoms with Crippen LogP contribution in [-0.2, 0) is 11.4 Å². The standard InChI is InChI=1S/C26H22Cl2N2O4/c1-3-33-25-13-18(6-10-24(25)34-16-17-4-7-20(27)8-5-17)12-19(15-29)26(31)30-22-14-21(28)9-11-23(22)32-2/h4-14H,3,16H2,1-2H3,(H,30,31)/b19-12+. The number of nitrogens with one attached hydrogen (secondary N) is 1. The zero-order valence-corrected chi connectivity index (χ0v) is 20.1. The quantitative estimate of drug-likeness (QED) is 0.269. The molecule has 3 aromatic rings. The Morgan fingerprint density at radius 2 is 1.68 bits per heavy atom. The molecule has 34 heavy (non-hydrogen) atoms. The van der Waals surface area contributed by atoms with Crippen LogP contribution in [0.15, 0.2) is 66.2 Å². The van der Waals surface area contributed by atoms with Crippen molar-refractivity contribution in [3.8, 4) is 23.3 Å². The molecule has 0 heterocycles. The van der Waals surface area contributed by atoms with E-state index in [9.17, 15) is 10.1 Å². The van der Waals surface area contributed by atoms with Crippen molar-refractivity contribution in [3.05, 3.63) is 87.4 Å². The molecular formula is C26H22Cl2N2O4. The first-order chi connectivity index (χ1) is 16.4. The van der Waals surface area contributed by atoms with E-state index in [1.54, 1.807) is 48.5 Å². The summed E-state index contributed by atoms with van der Waals surface area (Å²) in [6.45, 7) is 2.61. The third-order valence-electron chi connectivity index (χ3n) is 4.66. The molecule has 8 heteroatoms. The molecular weight excluding hydrogens is 475 g/mol. The summed E-state index contributed by atoms with van der Waals surface area (Å²) in [6.07, 6.45) is 1.47. The van der Waals surface area contributed by atoms with Crippen LogP contribution in [0.2, 0.25) is 10.0 Å². The summed E-state index contributed by atoms with van der Waals surface area (Å²) in [5, 5.41) is 13.3. The lowest BCUT2D eigenvalue weighted by molar-refractivity contribution is -0.112. The van der Waals surface area contributed by atoms with Gasteiger partial charge in [0.2, 0.25) is 0 Å². The Hall–Kier alpha value is -3.66. The van der Waals surface area contributed by atoms with Crippen molar-refractivity contribution in [2.24, 2.45) is 0 Å². The Morgan fingerprint density at radius 1 is 0.971 bits per heavy atom. The van der Waals surface area contributed by atoms with Gasteiger partial charge in [0, 0.05) is 10.0 Å². The number of hydrogen-bond acceptors (Lipinski definition) is 5. The average Bonchev–Trinajstić information content (AvgIpc) is 2.83. The number of hydrogen-bond donors (Lipinski definition) is 1. The third kappa shape index (κ3) is 6.67. The molecule has 3 rings (SSSR count). The van der Waals surface area contributed by atoms with Crippen LogP contribution in [-0.4, -0.2) is 19.6 Å². The van der Waals surface area contributed by atoms with Crippen molar-refractivity contribution in [3.63, 3.8) is 0 Å². The minimum absolute atomic E-state index is 0.0979. The summed E-state index contributed by atoms with van der Waals surface area (Å²) in [5.74, 6) is 0.875. The predicted molar refractivity (Wildman–Crippen MR) is 134 cm³/mol. The number of ether oxygens (including phenoxy) is 3. The first-order valence-corrected chi connectivity index (χ1v) is 11.1. The lowest BCUT2D eigenvalue weighted by Gasteiger charge is -2.13. The Morgan fingerprint density at radius 3 is 2.35 bits per heavy atom. The highest BCUT2D eigenvalue weighted by Gasteiger charge is 2.14. The molecule has 0 aliphatic heterocycles. The van der Waals surface area contributed by atoms with E-state index in [0.29, 0.717) is 51.8 Å². The number of carbonyl (C=O) groups excluding carboxylic acids is 1. The van der Waals surface area contributed by atoms with Crippen LogP contribution in [0.25, 0.3) is 6.08 Å². The maximum atomic E-state index is 12.7. The Bertz CT molecular complexity index is 1230. The molecule has 0 unspecified atom stereocenters. The van der Waals surface area contributed by atoms with E-state index in [1.165, 1.54) is 13.2 Å². The number of amides is 1. The second-order valence-electron chi connectivity index (χ2n) is 7.02. The average molecular weight is 497 g/mol. The van der Waals surface area contributed by atoms with Crippen LogP contribution in [0.4, 0.5) is 5.69 Å². The molecule has 0 aliphatic rings. The largest absolute Gasteiger partial charge is 0.495 e. The van der Waals surface area contributed by atoms with Gasteiger partial charge in [0.1, 0.15) is 24.0 Å². The molecule has 0 fully saturated rings. The zero-order valence-electron chi connectivity index (χ0n) is 18.6. The van der Waals surface area contributed by atoms with Gasteiger partial charge in [0.25, 0.3) is 5.91 Å². The molecule has 1 amide bonds. The van der Waals surface area contributed by atoms with Crippen LogP contribution in [0, 0.1) is 11.3 Å². The highest BCUT2D eigenvalue weighted by molar-refractivity contribution is 6.31. The minimum atomic E-state index is -0.593. The van der Waals surface area contributed by atoms with Gasteiger partial charge in [0.15, 0.2) is 11.5 Å². The molecule has 0 saturated heterocycles. The van der Waals surface area contributed by atoms with Gasteiger partial charge in [-0.1, -0.05) is 41.4 Å². The van der Waals surface area contributed by atoms with Crippen molar-refractivity contribution in [1.29, 1.82) is 5.26 Å². The SMILES string of the molecule is CCOc1cc(/C=C(\C#N)C(=O)Nc2cc(Cl)ccc2OC)ccc1OCc1ccc(Cl)cc1. The van der Waals surface area contributed by atoms with Crippen molar-refractivity contribution < 1.29 is 19.0 Å². The van der Waals surface area contributed by atoms with E-state index in [1.807, 2.05) is 25.1 Å². The molecule has 0 saturated carbocycles. The number of anilines is 1. The summed E-state index contributed by atoms with van der Waals surface area (Å²) < 4.78 is 16.9. The van der Waals surface area contributed by atoms with E-state index >= 15 is 0 Å². The number of nitrogens with zero attached hydrogens (tertiary/aromatic N) is 1. The lowest BCUT2D eigenvalue weighted by atomic mass is 10.1. The summed E-state index contributed by atoms with van der Waals surface area (Å²) in [6, 6.07) is 19.3. The minimum Gasteiger partial charge on any atom is -0.495 e. The molecule has 0 spiro atoms. The van der Waals surface area contributed by atoms with Crippen molar-refractivity contribution in [1.82, 2.24) is 0 Å². The predicted octanol–water partition coefficient (Wildman–Crippen LogP) is 6.53. The second-order valence-corrected chi connectivity index (χ2v) is 7.90.